The minimum absolute atomic E-state index is 0. The molecular weight excluding hydrogens is 451 g/mol. The largest absolute Gasteiger partial charge is 0.492 e. The first-order valence-electron chi connectivity index (χ1n) is 10.0. The summed E-state index contributed by atoms with van der Waals surface area (Å²) < 4.78 is 5.76. The van der Waals surface area contributed by atoms with Gasteiger partial charge in [0.2, 0.25) is 0 Å². The number of halogens is 1. The van der Waals surface area contributed by atoms with Crippen molar-refractivity contribution in [1.29, 1.82) is 0 Å². The van der Waals surface area contributed by atoms with Crippen LogP contribution in [-0.2, 0) is 0 Å². The number of unbranched alkanes of at least 4 members (excludes halogenated alkanes) is 1. The Bertz CT molecular complexity index is 526. The van der Waals surface area contributed by atoms with Crippen molar-refractivity contribution < 1.29 is 4.74 Å². The Morgan fingerprint density at radius 3 is 2.74 bits per heavy atom. The molecule has 0 aliphatic carbocycles. The summed E-state index contributed by atoms with van der Waals surface area (Å²) in [5.41, 5.74) is 0. The van der Waals surface area contributed by atoms with E-state index in [0.29, 0.717) is 6.61 Å². The molecule has 1 heterocycles. The molecule has 1 fully saturated rings. The van der Waals surface area contributed by atoms with Gasteiger partial charge in [0.1, 0.15) is 12.4 Å². The third kappa shape index (κ3) is 9.14. The molecule has 0 saturated carbocycles. The average Bonchev–Trinajstić information content (AvgIpc) is 2.66. The second kappa shape index (κ2) is 14.0. The number of hydrogen-bond acceptors (Lipinski definition) is 3. The van der Waals surface area contributed by atoms with E-state index in [4.69, 9.17) is 4.74 Å². The maximum atomic E-state index is 5.76. The molecule has 0 bridgehead atoms. The van der Waals surface area contributed by atoms with Crippen LogP contribution in [0, 0.1) is 0 Å². The lowest BCUT2D eigenvalue weighted by atomic mass is 10.0. The van der Waals surface area contributed by atoms with Crippen molar-refractivity contribution in [2.45, 2.75) is 45.1 Å². The summed E-state index contributed by atoms with van der Waals surface area (Å²) >= 11 is 0. The van der Waals surface area contributed by atoms with E-state index in [2.05, 4.69) is 34.1 Å². The minimum atomic E-state index is 0. The zero-order valence-electron chi connectivity index (χ0n) is 17.2. The number of piperidine rings is 1. The van der Waals surface area contributed by atoms with Crippen LogP contribution in [0.15, 0.2) is 35.3 Å². The summed E-state index contributed by atoms with van der Waals surface area (Å²) in [5.74, 6) is 1.85. The molecule has 2 rings (SSSR count). The molecule has 27 heavy (non-hydrogen) atoms. The van der Waals surface area contributed by atoms with Gasteiger partial charge in [-0.25, -0.2) is 0 Å². The Labute approximate surface area is 182 Å². The third-order valence-electron chi connectivity index (χ3n) is 5.11. The van der Waals surface area contributed by atoms with E-state index in [0.717, 1.165) is 30.8 Å². The van der Waals surface area contributed by atoms with Crippen molar-refractivity contribution in [3.8, 4) is 5.75 Å². The Morgan fingerprint density at radius 2 is 2.04 bits per heavy atom. The summed E-state index contributed by atoms with van der Waals surface area (Å²) in [5, 5.41) is 3.47. The van der Waals surface area contributed by atoms with Crippen molar-refractivity contribution >= 4 is 29.9 Å². The first kappa shape index (κ1) is 24.0. The number of hydrogen-bond donors (Lipinski definition) is 1. The molecule has 1 aromatic carbocycles. The van der Waals surface area contributed by atoms with Crippen LogP contribution in [0.3, 0.4) is 0 Å². The Hall–Kier alpha value is -1.02. The highest BCUT2D eigenvalue weighted by atomic mass is 127. The van der Waals surface area contributed by atoms with Crippen LogP contribution < -0.4 is 10.1 Å². The molecule has 1 unspecified atom stereocenters. The van der Waals surface area contributed by atoms with E-state index in [-0.39, 0.29) is 24.0 Å². The fraction of sp³-hybridized carbons (Fsp3) is 0.667. The molecule has 154 valence electrons. The van der Waals surface area contributed by atoms with Crippen molar-refractivity contribution in [3.05, 3.63) is 30.3 Å². The fourth-order valence-corrected chi connectivity index (χ4v) is 3.44. The van der Waals surface area contributed by atoms with Crippen LogP contribution in [0.1, 0.15) is 39.0 Å². The number of nitrogens with one attached hydrogen (secondary N) is 1. The van der Waals surface area contributed by atoms with E-state index >= 15 is 0 Å². The number of benzene rings is 1. The third-order valence-corrected chi connectivity index (χ3v) is 5.11. The van der Waals surface area contributed by atoms with Crippen molar-refractivity contribution in [1.82, 2.24) is 15.1 Å². The van der Waals surface area contributed by atoms with Gasteiger partial charge in [-0.2, -0.15) is 0 Å². The van der Waals surface area contributed by atoms with Crippen LogP contribution in [0.25, 0.3) is 0 Å². The van der Waals surface area contributed by atoms with Gasteiger partial charge in [-0.1, -0.05) is 24.6 Å². The maximum absolute atomic E-state index is 5.76. The molecule has 1 aliphatic rings. The number of guanidine groups is 1. The minimum Gasteiger partial charge on any atom is -0.492 e. The number of para-hydroxylation sites is 1. The lowest BCUT2D eigenvalue weighted by Crippen LogP contribution is -2.41. The van der Waals surface area contributed by atoms with Gasteiger partial charge >= 0.3 is 0 Å². The molecule has 1 aliphatic heterocycles. The number of aliphatic imine (C=N–C) groups is 1. The zero-order chi connectivity index (χ0) is 18.6. The molecule has 1 aromatic rings. The first-order valence-corrected chi connectivity index (χ1v) is 10.0. The van der Waals surface area contributed by atoms with Crippen LogP contribution in [0.5, 0.6) is 5.75 Å². The molecule has 1 saturated heterocycles. The molecule has 0 aromatic heterocycles. The highest BCUT2D eigenvalue weighted by Gasteiger charge is 2.17. The van der Waals surface area contributed by atoms with E-state index in [1.54, 1.807) is 0 Å². The highest BCUT2D eigenvalue weighted by Crippen LogP contribution is 2.16. The van der Waals surface area contributed by atoms with Gasteiger partial charge in [0.25, 0.3) is 0 Å². The number of likely N-dealkylation sites (tertiary alicyclic amines) is 1. The van der Waals surface area contributed by atoms with Crippen molar-refractivity contribution in [2.24, 2.45) is 4.99 Å². The molecule has 1 N–H and O–H groups in total. The molecule has 0 spiro atoms. The maximum Gasteiger partial charge on any atom is 0.193 e. The second-order valence-electron chi connectivity index (χ2n) is 7.14. The summed E-state index contributed by atoms with van der Waals surface area (Å²) in [6.07, 6.45) is 6.55. The number of likely N-dealkylation sites (N-methyl/N-ethyl adjacent to an activating group) is 1. The lowest BCUT2D eigenvalue weighted by Gasteiger charge is -2.33. The van der Waals surface area contributed by atoms with Crippen LogP contribution in [0.2, 0.25) is 0 Å². The van der Waals surface area contributed by atoms with Gasteiger partial charge in [0.15, 0.2) is 5.96 Å². The molecule has 6 heteroatoms. The smallest absolute Gasteiger partial charge is 0.193 e. The fourth-order valence-electron chi connectivity index (χ4n) is 3.44. The van der Waals surface area contributed by atoms with Crippen molar-refractivity contribution in [3.63, 3.8) is 0 Å². The monoisotopic (exact) mass is 488 g/mol. The van der Waals surface area contributed by atoms with E-state index in [1.165, 1.54) is 45.2 Å². The van der Waals surface area contributed by atoms with Gasteiger partial charge in [0.05, 0.1) is 6.54 Å². The van der Waals surface area contributed by atoms with Gasteiger partial charge in [-0.05, 0) is 57.8 Å². The highest BCUT2D eigenvalue weighted by molar-refractivity contribution is 14.0. The average molecular weight is 488 g/mol. The molecule has 0 amide bonds. The SMILES string of the molecule is CN=C(NCCCCN1CCCCC1C)N(C)CCOc1ccccc1.I. The van der Waals surface area contributed by atoms with Crippen LogP contribution in [0.4, 0.5) is 0 Å². The first-order chi connectivity index (χ1) is 12.7. The van der Waals surface area contributed by atoms with Gasteiger partial charge < -0.3 is 19.9 Å². The van der Waals surface area contributed by atoms with Crippen LogP contribution in [-0.4, -0.2) is 68.7 Å². The quantitative estimate of drug-likeness (QED) is 0.248. The van der Waals surface area contributed by atoms with Crippen LogP contribution >= 0.6 is 24.0 Å². The normalized spacial score (nSPS) is 17.9. The van der Waals surface area contributed by atoms with Crippen molar-refractivity contribution in [2.75, 3.05) is 46.9 Å². The van der Waals surface area contributed by atoms with E-state index in [1.807, 2.05) is 37.4 Å². The van der Waals surface area contributed by atoms with Gasteiger partial charge in [-0.3, -0.25) is 4.99 Å². The number of nitrogens with zero attached hydrogens (tertiary/aromatic N) is 3. The predicted molar refractivity (Wildman–Crippen MR) is 125 cm³/mol. The summed E-state index contributed by atoms with van der Waals surface area (Å²) in [7, 11) is 3.89. The Morgan fingerprint density at radius 1 is 1.26 bits per heavy atom. The number of ether oxygens (including phenoxy) is 1. The summed E-state index contributed by atoms with van der Waals surface area (Å²) in [6.45, 7) is 7.29. The topological polar surface area (TPSA) is 40.1 Å². The van der Waals surface area contributed by atoms with Gasteiger partial charge in [0, 0.05) is 26.7 Å². The second-order valence-corrected chi connectivity index (χ2v) is 7.14. The van der Waals surface area contributed by atoms with E-state index < -0.39 is 0 Å². The summed E-state index contributed by atoms with van der Waals surface area (Å²) in [4.78, 5) is 9.14. The Balaban J connectivity index is 0.00000364. The molecule has 5 nitrogen and oxygen atoms in total. The Kier molecular flexibility index (Phi) is 12.5. The number of rotatable bonds is 9. The van der Waals surface area contributed by atoms with Gasteiger partial charge in [-0.15, -0.1) is 24.0 Å². The standard InChI is InChI=1S/C21H36N4O.HI/c1-19-11-7-9-15-25(19)16-10-8-14-23-21(22-2)24(3)17-18-26-20-12-5-4-6-13-20;/h4-6,12-13,19H,7-11,14-18H2,1-3H3,(H,22,23);1H. The molecule has 1 atom stereocenters. The lowest BCUT2D eigenvalue weighted by molar-refractivity contribution is 0.158. The zero-order valence-corrected chi connectivity index (χ0v) is 19.5. The summed E-state index contributed by atoms with van der Waals surface area (Å²) in [6, 6.07) is 10.7. The molecule has 0 radical (unpaired) electrons. The molecular formula is C21H37IN4O. The van der Waals surface area contributed by atoms with E-state index in [9.17, 15) is 0 Å². The predicted octanol–water partition coefficient (Wildman–Crippen LogP) is 3.85.